The molecule has 102 valence electrons. The van der Waals surface area contributed by atoms with E-state index in [9.17, 15) is 18.3 Å². The van der Waals surface area contributed by atoms with Crippen LogP contribution in [-0.2, 0) is 12.6 Å². The molecule has 7 heteroatoms. The van der Waals surface area contributed by atoms with Gasteiger partial charge in [0.15, 0.2) is 0 Å². The van der Waals surface area contributed by atoms with Crippen LogP contribution < -0.4 is 0 Å². The van der Waals surface area contributed by atoms with Gasteiger partial charge in [-0.25, -0.2) is 4.98 Å². The van der Waals surface area contributed by atoms with Crippen LogP contribution in [0.2, 0.25) is 4.34 Å². The summed E-state index contributed by atoms with van der Waals surface area (Å²) in [5, 5.41) is 10.3. The second-order valence-corrected chi connectivity index (χ2v) is 5.61. The van der Waals surface area contributed by atoms with Gasteiger partial charge in [0.05, 0.1) is 11.8 Å². The van der Waals surface area contributed by atoms with Crippen LogP contribution in [0.3, 0.4) is 0 Å². The third kappa shape index (κ3) is 3.68. The molecule has 19 heavy (non-hydrogen) atoms. The van der Waals surface area contributed by atoms with Crippen LogP contribution in [-0.4, -0.2) is 10.1 Å². The van der Waals surface area contributed by atoms with Crippen molar-refractivity contribution >= 4 is 22.9 Å². The van der Waals surface area contributed by atoms with Crippen LogP contribution in [0.5, 0.6) is 0 Å². The number of rotatable bonds is 3. The lowest BCUT2D eigenvalue weighted by atomic mass is 10.1. The molecule has 1 N–H and O–H groups in total. The van der Waals surface area contributed by atoms with Gasteiger partial charge in [-0.1, -0.05) is 23.7 Å². The number of aromatic nitrogens is 1. The minimum Gasteiger partial charge on any atom is -0.386 e. The fourth-order valence-electron chi connectivity index (χ4n) is 1.56. The number of aliphatic hydroxyl groups excluding tert-OH is 1. The smallest absolute Gasteiger partial charge is 0.386 e. The van der Waals surface area contributed by atoms with E-state index >= 15 is 0 Å². The molecule has 0 aliphatic rings. The molecule has 0 bridgehead atoms. The van der Waals surface area contributed by atoms with E-state index in [0.717, 1.165) is 23.5 Å². The van der Waals surface area contributed by atoms with Gasteiger partial charge in [0.25, 0.3) is 0 Å². The van der Waals surface area contributed by atoms with E-state index in [1.807, 2.05) is 0 Å². The van der Waals surface area contributed by atoms with Crippen molar-refractivity contribution in [2.45, 2.75) is 18.7 Å². The van der Waals surface area contributed by atoms with Crippen molar-refractivity contribution in [3.8, 4) is 0 Å². The molecule has 0 saturated carbocycles. The van der Waals surface area contributed by atoms with Crippen molar-refractivity contribution in [3.63, 3.8) is 0 Å². The molecule has 2 nitrogen and oxygen atoms in total. The molecule has 1 heterocycles. The maximum atomic E-state index is 12.4. The highest BCUT2D eigenvalue weighted by Gasteiger charge is 2.30. The SMILES string of the molecule is OC(Cc1ccc(C(F)(F)F)cc1)c1ncc(Cl)s1. The Labute approximate surface area is 116 Å². The monoisotopic (exact) mass is 307 g/mol. The topological polar surface area (TPSA) is 33.1 Å². The van der Waals surface area contributed by atoms with Crippen LogP contribution in [0.1, 0.15) is 22.2 Å². The summed E-state index contributed by atoms with van der Waals surface area (Å²) in [4.78, 5) is 3.93. The van der Waals surface area contributed by atoms with Gasteiger partial charge in [-0.15, -0.1) is 11.3 Å². The maximum Gasteiger partial charge on any atom is 0.416 e. The number of thiazole rings is 1. The fraction of sp³-hybridized carbons (Fsp3) is 0.250. The maximum absolute atomic E-state index is 12.4. The van der Waals surface area contributed by atoms with Crippen molar-refractivity contribution in [1.29, 1.82) is 0 Å². The first-order chi connectivity index (χ1) is 8.86. The zero-order valence-corrected chi connectivity index (χ0v) is 11.1. The number of aliphatic hydroxyl groups is 1. The Balaban J connectivity index is 2.07. The molecule has 2 rings (SSSR count). The Bertz CT molecular complexity index is 553. The number of hydrogen-bond donors (Lipinski definition) is 1. The highest BCUT2D eigenvalue weighted by atomic mass is 35.5. The molecule has 1 aromatic carbocycles. The first kappa shape index (κ1) is 14.3. The van der Waals surface area contributed by atoms with E-state index in [2.05, 4.69) is 4.98 Å². The standard InChI is InChI=1S/C12H9ClF3NOS/c13-10-6-17-11(19-10)9(18)5-7-1-3-8(4-2-7)12(14,15)16/h1-4,6,9,18H,5H2. The lowest BCUT2D eigenvalue weighted by Gasteiger charge is -2.10. The predicted molar refractivity (Wildman–Crippen MR) is 67.2 cm³/mol. The molecule has 1 aromatic heterocycles. The Morgan fingerprint density at radius 2 is 1.89 bits per heavy atom. The van der Waals surface area contributed by atoms with Crippen LogP contribution in [0.25, 0.3) is 0 Å². The lowest BCUT2D eigenvalue weighted by molar-refractivity contribution is -0.137. The van der Waals surface area contributed by atoms with Crippen molar-refractivity contribution in [1.82, 2.24) is 4.98 Å². The van der Waals surface area contributed by atoms with Crippen LogP contribution in [0.15, 0.2) is 30.5 Å². The molecule has 0 radical (unpaired) electrons. The summed E-state index contributed by atoms with van der Waals surface area (Å²) in [6, 6.07) is 4.69. The largest absolute Gasteiger partial charge is 0.416 e. The number of nitrogens with zero attached hydrogens (tertiary/aromatic N) is 1. The van der Waals surface area contributed by atoms with E-state index in [0.29, 0.717) is 14.9 Å². The van der Waals surface area contributed by atoms with E-state index in [1.54, 1.807) is 0 Å². The van der Waals surface area contributed by atoms with E-state index in [1.165, 1.54) is 18.3 Å². The molecule has 1 atom stereocenters. The molecular formula is C12H9ClF3NOS. The van der Waals surface area contributed by atoms with Crippen molar-refractivity contribution in [2.24, 2.45) is 0 Å². The van der Waals surface area contributed by atoms with Crippen molar-refractivity contribution < 1.29 is 18.3 Å². The number of alkyl halides is 3. The Kier molecular flexibility index (Phi) is 4.13. The summed E-state index contributed by atoms with van der Waals surface area (Å²) in [6.07, 6.45) is -3.59. The highest BCUT2D eigenvalue weighted by Crippen LogP contribution is 2.30. The molecule has 0 saturated heterocycles. The molecule has 1 unspecified atom stereocenters. The summed E-state index contributed by atoms with van der Waals surface area (Å²) in [5.41, 5.74) is -0.102. The normalized spacial score (nSPS) is 13.5. The van der Waals surface area contributed by atoms with Gasteiger partial charge in [0.2, 0.25) is 0 Å². The highest BCUT2D eigenvalue weighted by molar-refractivity contribution is 7.15. The third-order valence-electron chi connectivity index (χ3n) is 2.49. The van der Waals surface area contributed by atoms with Gasteiger partial charge in [-0.2, -0.15) is 13.2 Å². The summed E-state index contributed by atoms with van der Waals surface area (Å²) in [5.74, 6) is 0. The van der Waals surface area contributed by atoms with Gasteiger partial charge in [-0.05, 0) is 17.7 Å². The summed E-state index contributed by atoms with van der Waals surface area (Å²) >= 11 is 6.85. The summed E-state index contributed by atoms with van der Waals surface area (Å²) < 4.78 is 37.6. The molecule has 2 aromatic rings. The van der Waals surface area contributed by atoms with E-state index in [4.69, 9.17) is 11.6 Å². The van der Waals surface area contributed by atoms with Crippen molar-refractivity contribution in [2.75, 3.05) is 0 Å². The number of hydrogen-bond acceptors (Lipinski definition) is 3. The first-order valence-electron chi connectivity index (χ1n) is 5.31. The van der Waals surface area contributed by atoms with Gasteiger partial charge in [0.1, 0.15) is 15.4 Å². The number of halogens is 4. The Morgan fingerprint density at radius 3 is 2.37 bits per heavy atom. The van der Waals surface area contributed by atoms with E-state index in [-0.39, 0.29) is 6.42 Å². The third-order valence-corrected chi connectivity index (χ3v) is 3.71. The first-order valence-corrected chi connectivity index (χ1v) is 6.51. The average molecular weight is 308 g/mol. The molecule has 0 aliphatic heterocycles. The average Bonchev–Trinajstić information content (AvgIpc) is 2.75. The Hall–Kier alpha value is -1.11. The summed E-state index contributed by atoms with van der Waals surface area (Å²) in [6.45, 7) is 0. The minimum atomic E-state index is -4.35. The van der Waals surface area contributed by atoms with Gasteiger partial charge in [0, 0.05) is 6.42 Å². The van der Waals surface area contributed by atoms with E-state index < -0.39 is 17.8 Å². The molecule has 0 spiro atoms. The van der Waals surface area contributed by atoms with Gasteiger partial charge < -0.3 is 5.11 Å². The van der Waals surface area contributed by atoms with Crippen molar-refractivity contribution in [3.05, 3.63) is 50.9 Å². The molecule has 0 aliphatic carbocycles. The van der Waals surface area contributed by atoms with Crippen LogP contribution in [0.4, 0.5) is 13.2 Å². The Morgan fingerprint density at radius 1 is 1.26 bits per heavy atom. The lowest BCUT2D eigenvalue weighted by Crippen LogP contribution is -2.05. The van der Waals surface area contributed by atoms with Crippen LogP contribution >= 0.6 is 22.9 Å². The van der Waals surface area contributed by atoms with Gasteiger partial charge >= 0.3 is 6.18 Å². The number of benzene rings is 1. The summed E-state index contributed by atoms with van der Waals surface area (Å²) in [7, 11) is 0. The molecule has 0 fully saturated rings. The zero-order chi connectivity index (χ0) is 14.0. The second-order valence-electron chi connectivity index (χ2n) is 3.92. The molecular weight excluding hydrogens is 299 g/mol. The van der Waals surface area contributed by atoms with Crippen LogP contribution in [0, 0.1) is 0 Å². The quantitative estimate of drug-likeness (QED) is 0.926. The fourth-order valence-corrected chi connectivity index (χ4v) is 2.48. The predicted octanol–water partition coefficient (Wildman–Crippen LogP) is 4.09. The van der Waals surface area contributed by atoms with Gasteiger partial charge in [-0.3, -0.25) is 0 Å². The second kappa shape index (κ2) is 5.48. The minimum absolute atomic E-state index is 0.196. The molecule has 0 amide bonds. The zero-order valence-electron chi connectivity index (χ0n) is 9.49.